The Morgan fingerprint density at radius 1 is 0.753 bits per heavy atom. The summed E-state index contributed by atoms with van der Waals surface area (Å²) < 4.78 is 153. The number of thiocyanates is 1. The molecule has 0 bridgehead atoms. The van der Waals surface area contributed by atoms with Crippen molar-refractivity contribution in [1.82, 2.24) is 14.5 Å². The van der Waals surface area contributed by atoms with Gasteiger partial charge in [0.25, 0.3) is 17.1 Å². The van der Waals surface area contributed by atoms with E-state index in [4.69, 9.17) is 28.5 Å². The SMILES string of the molecule is CCCCNc1cccnc1Cl.CCCCn1c(=NC(=O)c2cc(C(F)(F)F)ccc2F)sc2ncccc21.N#C[S-].O=C(Cl)c1cc(C(F)(F)F)ccc1F.O=C(N=C=S)c1cc(C(F)(F)F)ccc1F.[K+]. The number of hydrogen-bond donors (Lipinski definition) is 1. The van der Waals surface area contributed by atoms with Gasteiger partial charge in [0, 0.05) is 25.5 Å². The maximum absolute atomic E-state index is 14.0. The molecule has 0 radical (unpaired) electrons. The number of hydrogen-bond acceptors (Lipinski definition) is 10. The molecule has 0 atom stereocenters. The van der Waals surface area contributed by atoms with E-state index in [1.807, 2.05) is 25.1 Å². The van der Waals surface area contributed by atoms with E-state index in [0.29, 0.717) is 71.1 Å². The number of aromatic nitrogens is 3. The van der Waals surface area contributed by atoms with Gasteiger partial charge >= 0.3 is 69.9 Å². The number of halogens is 14. The number of pyridine rings is 2. The minimum absolute atomic E-state index is 0. The number of thiocarbonyl (C=S) groups is 1. The third kappa shape index (κ3) is 22.0. The summed E-state index contributed by atoms with van der Waals surface area (Å²) in [4.78, 5) is 49.9. The van der Waals surface area contributed by atoms with Gasteiger partial charge in [-0.3, -0.25) is 14.4 Å². The Morgan fingerprint density at radius 2 is 1.21 bits per heavy atom. The second kappa shape index (κ2) is 31.9. The van der Waals surface area contributed by atoms with Crippen molar-refractivity contribution in [3.8, 4) is 5.40 Å². The molecule has 73 heavy (non-hydrogen) atoms. The first-order valence-corrected chi connectivity index (χ1v) is 22.5. The van der Waals surface area contributed by atoms with Gasteiger partial charge in [-0.05, 0) is 116 Å². The fourth-order valence-corrected chi connectivity index (χ4v) is 6.69. The predicted octanol–water partition coefficient (Wildman–Crippen LogP) is 11.1. The Bertz CT molecular complexity index is 2980. The van der Waals surface area contributed by atoms with E-state index in [0.717, 1.165) is 48.3 Å². The van der Waals surface area contributed by atoms with Crippen LogP contribution in [0.15, 0.2) is 101 Å². The maximum Gasteiger partial charge on any atom is 1.00 e. The molecule has 0 saturated carbocycles. The van der Waals surface area contributed by atoms with Crippen LogP contribution in [0.5, 0.6) is 0 Å². The maximum atomic E-state index is 14.0. The predicted molar refractivity (Wildman–Crippen MR) is 252 cm³/mol. The van der Waals surface area contributed by atoms with Gasteiger partial charge in [-0.2, -0.15) is 49.5 Å². The molecule has 3 aromatic carbocycles. The molecule has 384 valence electrons. The molecule has 0 saturated heterocycles. The molecule has 0 unspecified atom stereocenters. The molecule has 2 amide bonds. The summed E-state index contributed by atoms with van der Waals surface area (Å²) in [6, 6.07) is 12.0. The number of fused-ring (bicyclic) bond motifs is 1. The Hall–Kier alpha value is -4.65. The largest absolute Gasteiger partial charge is 1.00 e. The number of carbonyl (C=O) groups is 3. The average Bonchev–Trinajstić information content (AvgIpc) is 3.65. The minimum Gasteiger partial charge on any atom is -0.696 e. The van der Waals surface area contributed by atoms with Crippen LogP contribution < -0.4 is 61.5 Å². The fourth-order valence-electron chi connectivity index (χ4n) is 5.28. The molecule has 3 heterocycles. The normalized spacial score (nSPS) is 11.0. The van der Waals surface area contributed by atoms with Crippen molar-refractivity contribution in [2.75, 3.05) is 11.9 Å². The summed E-state index contributed by atoms with van der Waals surface area (Å²) in [5.74, 6) is -5.46. The number of carbonyl (C=O) groups excluding carboxylic acids is 3. The van der Waals surface area contributed by atoms with Crippen molar-refractivity contribution in [1.29, 1.82) is 5.26 Å². The van der Waals surface area contributed by atoms with Crippen LogP contribution >= 0.6 is 46.8 Å². The zero-order valence-electron chi connectivity index (χ0n) is 37.8. The van der Waals surface area contributed by atoms with Gasteiger partial charge in [0.05, 0.1) is 49.7 Å². The van der Waals surface area contributed by atoms with Crippen LogP contribution in [0.3, 0.4) is 0 Å². The van der Waals surface area contributed by atoms with E-state index < -0.39 is 86.4 Å². The van der Waals surface area contributed by atoms with Crippen LogP contribution in [0.1, 0.15) is 87.3 Å². The van der Waals surface area contributed by atoms with Crippen LogP contribution in [-0.2, 0) is 37.7 Å². The van der Waals surface area contributed by atoms with E-state index in [9.17, 15) is 67.1 Å². The van der Waals surface area contributed by atoms with Gasteiger partial charge in [0.15, 0.2) is 9.95 Å². The van der Waals surface area contributed by atoms with E-state index in [1.54, 1.807) is 28.2 Å². The van der Waals surface area contributed by atoms with Crippen LogP contribution in [0.2, 0.25) is 5.15 Å². The summed E-state index contributed by atoms with van der Waals surface area (Å²) in [6.07, 6.45) is -6.59. The summed E-state index contributed by atoms with van der Waals surface area (Å²) in [5.41, 5.74) is -3.91. The zero-order valence-corrected chi connectivity index (χ0v) is 44.9. The molecule has 6 rings (SSSR count). The Labute approximate surface area is 475 Å². The molecule has 0 spiro atoms. The standard InChI is InChI=1S/C18H15F4N3OS.C9H13ClN2.C9H3F4NOS.C8H3ClF4O.CHNS.K/c1-2-3-9-25-14-5-4-8-23-16(14)27-17(25)24-15(26)12-10-11(18(20,21)22)6-7-13(12)19;1-2-3-6-11-8-5-4-7-12-9(8)10;10-7-2-1-5(9(11,12)13)3-6(7)8(15)14-4-16;9-7(14)5-3-4(8(11,12)13)1-2-6(5)10;2-1-3;/h4-8,10H,2-3,9H2,1H3;4-5,7,11H,2-3,6H2,1H3;1-3H;1-3H;3H;/q;;;;;+1/p-1. The number of rotatable bonds is 10. The quantitative estimate of drug-likeness (QED) is 0.0163. The van der Waals surface area contributed by atoms with Crippen molar-refractivity contribution in [2.45, 2.75) is 64.6 Å². The summed E-state index contributed by atoms with van der Waals surface area (Å²) in [6.45, 7) is 5.70. The molecule has 0 aliphatic rings. The molecule has 1 N–H and O–H groups in total. The molecular weight excluding hydrogens is 1120 g/mol. The monoisotopic (exact) mass is 1150 g/mol. The molecule has 28 heteroatoms. The first-order chi connectivity index (χ1) is 33.7. The minimum atomic E-state index is -4.68. The zero-order chi connectivity index (χ0) is 54.4. The number of alkyl halides is 9. The third-order valence-electron chi connectivity index (χ3n) is 8.70. The number of nitriles is 1. The molecule has 0 fully saturated rings. The van der Waals surface area contributed by atoms with Gasteiger partial charge in [0.2, 0.25) is 0 Å². The second-order valence-electron chi connectivity index (χ2n) is 13.7. The van der Waals surface area contributed by atoms with Gasteiger partial charge in [-0.25, -0.2) is 28.4 Å². The van der Waals surface area contributed by atoms with Crippen molar-refractivity contribution >= 4 is 97.6 Å². The smallest absolute Gasteiger partial charge is 0.696 e. The molecule has 0 aliphatic carbocycles. The van der Waals surface area contributed by atoms with Crippen molar-refractivity contribution < 1.29 is 118 Å². The number of thiazole rings is 1. The second-order valence-corrected chi connectivity index (χ2v) is 15.7. The summed E-state index contributed by atoms with van der Waals surface area (Å²) >= 11 is 19.6. The first kappa shape index (κ1) is 66.4. The van der Waals surface area contributed by atoms with Crippen LogP contribution in [0, 0.1) is 28.1 Å². The number of isothiocyanates is 1. The van der Waals surface area contributed by atoms with Gasteiger partial charge in [0.1, 0.15) is 22.3 Å². The number of benzene rings is 3. The van der Waals surface area contributed by atoms with E-state index in [-0.39, 0.29) is 56.2 Å². The van der Waals surface area contributed by atoms with Crippen molar-refractivity contribution in [3.63, 3.8) is 0 Å². The Morgan fingerprint density at radius 3 is 1.66 bits per heavy atom. The number of nitrogens with zero attached hydrogens (tertiary/aromatic N) is 6. The number of anilines is 1. The fraction of sp³-hybridized carbons (Fsp3) is 0.244. The number of amides is 2. The molecule has 6 aromatic rings. The van der Waals surface area contributed by atoms with Crippen LogP contribution in [0.4, 0.5) is 58.4 Å². The van der Waals surface area contributed by atoms with Gasteiger partial charge in [-0.1, -0.05) is 55.0 Å². The third-order valence-corrected chi connectivity index (χ3v) is 10.3. The van der Waals surface area contributed by atoms with Crippen molar-refractivity contribution in [2.24, 2.45) is 9.98 Å². The van der Waals surface area contributed by atoms with E-state index >= 15 is 0 Å². The Balaban J connectivity index is 0.000000501. The van der Waals surface area contributed by atoms with Gasteiger partial charge in [-0.15, -0.1) is 0 Å². The van der Waals surface area contributed by atoms with E-state index in [2.05, 4.69) is 57.0 Å². The van der Waals surface area contributed by atoms with E-state index in [1.165, 1.54) is 11.8 Å². The molecule has 0 aliphatic heterocycles. The molecule has 10 nitrogen and oxygen atoms in total. The van der Waals surface area contributed by atoms with Crippen LogP contribution in [0.25, 0.3) is 10.3 Å². The molecule has 3 aromatic heterocycles. The van der Waals surface area contributed by atoms with Crippen LogP contribution in [-0.4, -0.2) is 43.3 Å². The summed E-state index contributed by atoms with van der Waals surface area (Å²) in [5, 5.41) is 12.6. The first-order valence-electron chi connectivity index (χ1n) is 20.1. The van der Waals surface area contributed by atoms with Gasteiger partial charge < -0.3 is 22.5 Å². The van der Waals surface area contributed by atoms with Crippen molar-refractivity contribution in [3.05, 3.63) is 152 Å². The number of aliphatic imine (C=N–C) groups is 1. The number of aryl methyl sites for hydroxylation is 1. The molecular formula is C45H34Cl2F12KN7O3S3. The topological polar surface area (TPSA) is 142 Å². The Kier molecular flexibility index (Phi) is 29.0. The number of unbranched alkanes of at least 4 members (excludes halogenated alkanes) is 2. The average molecular weight is 1150 g/mol. The summed E-state index contributed by atoms with van der Waals surface area (Å²) in [7, 11) is 0. The number of nitrogens with one attached hydrogen (secondary N) is 1.